The summed E-state index contributed by atoms with van der Waals surface area (Å²) in [6, 6.07) is 15.5. The summed E-state index contributed by atoms with van der Waals surface area (Å²) in [6.45, 7) is 6.50. The molecule has 1 atom stereocenters. The Hall–Kier alpha value is -2.82. The van der Waals surface area contributed by atoms with Gasteiger partial charge in [0.1, 0.15) is 11.6 Å². The van der Waals surface area contributed by atoms with Crippen LogP contribution in [0.3, 0.4) is 0 Å². The molecule has 0 radical (unpaired) electrons. The second-order valence-electron chi connectivity index (χ2n) is 6.84. The number of hydrogen-bond donors (Lipinski definition) is 2. The van der Waals surface area contributed by atoms with E-state index in [9.17, 15) is 4.79 Å². The molecule has 0 bridgehead atoms. The molecule has 0 aliphatic heterocycles. The number of ether oxygens (including phenoxy) is 1. The van der Waals surface area contributed by atoms with Crippen LogP contribution in [0.25, 0.3) is 11.0 Å². The molecule has 0 aliphatic rings. The Labute approximate surface area is 153 Å². The fourth-order valence-electron chi connectivity index (χ4n) is 2.88. The van der Waals surface area contributed by atoms with E-state index in [2.05, 4.69) is 29.1 Å². The Morgan fingerprint density at radius 1 is 1.19 bits per heavy atom. The summed E-state index contributed by atoms with van der Waals surface area (Å²) in [7, 11) is 0. The highest BCUT2D eigenvalue weighted by Gasteiger charge is 2.21. The maximum absolute atomic E-state index is 12.4. The summed E-state index contributed by atoms with van der Waals surface area (Å²) in [6.07, 6.45) is 0.303. The topological polar surface area (TPSA) is 67.0 Å². The predicted molar refractivity (Wildman–Crippen MR) is 103 cm³/mol. The number of fused-ring (bicyclic) bond motifs is 1. The molecule has 0 saturated heterocycles. The van der Waals surface area contributed by atoms with Gasteiger partial charge in [0, 0.05) is 0 Å². The van der Waals surface area contributed by atoms with Gasteiger partial charge in [-0.1, -0.05) is 38.1 Å². The van der Waals surface area contributed by atoms with Crippen LogP contribution in [0.4, 0.5) is 0 Å². The van der Waals surface area contributed by atoms with Gasteiger partial charge in [-0.05, 0) is 42.7 Å². The minimum Gasteiger partial charge on any atom is -0.493 e. The first kappa shape index (κ1) is 18.0. The molecule has 5 heteroatoms. The summed E-state index contributed by atoms with van der Waals surface area (Å²) in [5, 5.41) is 3.08. The molecule has 3 aromatic rings. The lowest BCUT2D eigenvalue weighted by Crippen LogP contribution is -2.33. The minimum atomic E-state index is -0.158. The molecule has 5 nitrogen and oxygen atoms in total. The summed E-state index contributed by atoms with van der Waals surface area (Å²) in [4.78, 5) is 20.3. The molecule has 3 rings (SSSR count). The second kappa shape index (κ2) is 8.04. The van der Waals surface area contributed by atoms with Crippen molar-refractivity contribution in [2.45, 2.75) is 33.2 Å². The van der Waals surface area contributed by atoms with Crippen LogP contribution in [0.1, 0.15) is 37.7 Å². The Morgan fingerprint density at radius 2 is 2.00 bits per heavy atom. The van der Waals surface area contributed by atoms with E-state index in [-0.39, 0.29) is 17.9 Å². The summed E-state index contributed by atoms with van der Waals surface area (Å²) in [5.41, 5.74) is 3.02. The number of imidazole rings is 1. The van der Waals surface area contributed by atoms with E-state index in [0.717, 1.165) is 28.2 Å². The number of hydrogen-bond acceptors (Lipinski definition) is 3. The predicted octanol–water partition coefficient (Wildman–Crippen LogP) is 4.15. The van der Waals surface area contributed by atoms with Gasteiger partial charge in [0.2, 0.25) is 5.91 Å². The van der Waals surface area contributed by atoms with Gasteiger partial charge in [-0.25, -0.2) is 4.98 Å². The molecule has 0 spiro atoms. The maximum Gasteiger partial charge on any atom is 0.224 e. The van der Waals surface area contributed by atoms with Gasteiger partial charge < -0.3 is 15.0 Å². The third kappa shape index (κ3) is 4.42. The van der Waals surface area contributed by atoms with Crippen molar-refractivity contribution < 1.29 is 9.53 Å². The Bertz CT molecular complexity index is 853. The SMILES string of the molecule is Cc1cccc(OCCC(=O)NC(c2nc3ccccc3[nH]2)C(C)C)c1. The molecule has 0 aliphatic carbocycles. The number of para-hydroxylation sites is 2. The van der Waals surface area contributed by atoms with E-state index in [4.69, 9.17) is 4.74 Å². The molecular formula is C21H25N3O2. The van der Waals surface area contributed by atoms with Crippen LogP contribution in [-0.4, -0.2) is 22.5 Å². The molecule has 2 N–H and O–H groups in total. The van der Waals surface area contributed by atoms with Crippen molar-refractivity contribution in [3.63, 3.8) is 0 Å². The van der Waals surface area contributed by atoms with Gasteiger partial charge in [0.25, 0.3) is 0 Å². The van der Waals surface area contributed by atoms with Crippen LogP contribution in [0.15, 0.2) is 48.5 Å². The van der Waals surface area contributed by atoms with Gasteiger partial charge in [-0.2, -0.15) is 0 Å². The van der Waals surface area contributed by atoms with Crippen molar-refractivity contribution >= 4 is 16.9 Å². The lowest BCUT2D eigenvalue weighted by Gasteiger charge is -2.20. The largest absolute Gasteiger partial charge is 0.493 e. The number of benzene rings is 2. The number of carbonyl (C=O) groups is 1. The molecule has 1 amide bonds. The Kier molecular flexibility index (Phi) is 5.56. The van der Waals surface area contributed by atoms with E-state index in [1.54, 1.807) is 0 Å². The standard InChI is InChI=1S/C21H25N3O2/c1-14(2)20(21-22-17-9-4-5-10-18(17)23-21)24-19(25)11-12-26-16-8-6-7-15(3)13-16/h4-10,13-14,20H,11-12H2,1-3H3,(H,22,23)(H,24,25). The number of aromatic nitrogens is 2. The van der Waals surface area contributed by atoms with Crippen molar-refractivity contribution in [3.8, 4) is 5.75 Å². The van der Waals surface area contributed by atoms with Gasteiger partial charge in [-0.3, -0.25) is 4.79 Å². The normalized spacial score (nSPS) is 12.3. The highest BCUT2D eigenvalue weighted by molar-refractivity contribution is 5.77. The average molecular weight is 351 g/mol. The Morgan fingerprint density at radius 3 is 2.73 bits per heavy atom. The smallest absolute Gasteiger partial charge is 0.224 e. The van der Waals surface area contributed by atoms with Crippen LogP contribution in [0.2, 0.25) is 0 Å². The molecule has 1 unspecified atom stereocenters. The van der Waals surface area contributed by atoms with Crippen molar-refractivity contribution in [3.05, 3.63) is 59.9 Å². The number of nitrogens with zero attached hydrogens (tertiary/aromatic N) is 1. The van der Waals surface area contributed by atoms with Crippen LogP contribution in [-0.2, 0) is 4.79 Å². The van der Waals surface area contributed by atoms with Gasteiger partial charge >= 0.3 is 0 Å². The van der Waals surface area contributed by atoms with Crippen molar-refractivity contribution in [2.24, 2.45) is 5.92 Å². The van der Waals surface area contributed by atoms with Crippen LogP contribution in [0, 0.1) is 12.8 Å². The van der Waals surface area contributed by atoms with Gasteiger partial charge in [0.05, 0.1) is 30.1 Å². The van der Waals surface area contributed by atoms with Crippen LogP contribution < -0.4 is 10.1 Å². The number of H-pyrrole nitrogens is 1. The molecular weight excluding hydrogens is 326 g/mol. The van der Waals surface area contributed by atoms with E-state index in [1.165, 1.54) is 0 Å². The van der Waals surface area contributed by atoms with Gasteiger partial charge in [-0.15, -0.1) is 0 Å². The Balaban J connectivity index is 1.59. The zero-order valence-corrected chi connectivity index (χ0v) is 15.5. The first-order valence-electron chi connectivity index (χ1n) is 8.96. The molecule has 26 heavy (non-hydrogen) atoms. The summed E-state index contributed by atoms with van der Waals surface area (Å²) < 4.78 is 5.67. The lowest BCUT2D eigenvalue weighted by atomic mass is 10.0. The highest BCUT2D eigenvalue weighted by Crippen LogP contribution is 2.22. The quantitative estimate of drug-likeness (QED) is 0.672. The second-order valence-corrected chi connectivity index (χ2v) is 6.84. The lowest BCUT2D eigenvalue weighted by molar-refractivity contribution is -0.122. The summed E-state index contributed by atoms with van der Waals surface area (Å²) in [5.74, 6) is 1.75. The monoisotopic (exact) mass is 351 g/mol. The van der Waals surface area contributed by atoms with Crippen molar-refractivity contribution in [1.82, 2.24) is 15.3 Å². The van der Waals surface area contributed by atoms with Crippen molar-refractivity contribution in [1.29, 1.82) is 0 Å². The van der Waals surface area contributed by atoms with E-state index < -0.39 is 0 Å². The maximum atomic E-state index is 12.4. The van der Waals surface area contributed by atoms with Gasteiger partial charge in [0.15, 0.2) is 0 Å². The van der Waals surface area contributed by atoms with E-state index in [0.29, 0.717) is 13.0 Å². The van der Waals surface area contributed by atoms with Crippen molar-refractivity contribution in [2.75, 3.05) is 6.61 Å². The molecule has 1 aromatic heterocycles. The molecule has 1 heterocycles. The first-order chi connectivity index (χ1) is 12.5. The third-order valence-corrected chi connectivity index (χ3v) is 4.27. The van der Waals surface area contributed by atoms with E-state index >= 15 is 0 Å². The third-order valence-electron chi connectivity index (χ3n) is 4.27. The van der Waals surface area contributed by atoms with E-state index in [1.807, 2.05) is 55.5 Å². The van der Waals surface area contributed by atoms with Crippen LogP contribution >= 0.6 is 0 Å². The zero-order valence-electron chi connectivity index (χ0n) is 15.5. The number of aromatic amines is 1. The zero-order chi connectivity index (χ0) is 18.5. The number of nitrogens with one attached hydrogen (secondary N) is 2. The number of carbonyl (C=O) groups excluding carboxylic acids is 1. The molecule has 136 valence electrons. The molecule has 0 fully saturated rings. The summed E-state index contributed by atoms with van der Waals surface area (Å²) >= 11 is 0. The number of amides is 1. The highest BCUT2D eigenvalue weighted by atomic mass is 16.5. The first-order valence-corrected chi connectivity index (χ1v) is 8.96. The minimum absolute atomic E-state index is 0.0446. The molecule has 2 aromatic carbocycles. The number of rotatable bonds is 7. The molecule has 0 saturated carbocycles. The number of aryl methyl sites for hydroxylation is 1. The fourth-order valence-corrected chi connectivity index (χ4v) is 2.88. The average Bonchev–Trinajstić information content (AvgIpc) is 3.03. The fraction of sp³-hybridized carbons (Fsp3) is 0.333. The van der Waals surface area contributed by atoms with Crippen LogP contribution in [0.5, 0.6) is 5.75 Å².